The molecule has 3 saturated carbocycles. The lowest BCUT2D eigenvalue weighted by molar-refractivity contribution is -0.139. The first kappa shape index (κ1) is 19.6. The summed E-state index contributed by atoms with van der Waals surface area (Å²) in [5.74, 6) is 2.47. The molecular formula is C22H30N4O4. The van der Waals surface area contributed by atoms with Crippen LogP contribution in [0.4, 0.5) is 0 Å². The summed E-state index contributed by atoms with van der Waals surface area (Å²) in [5.41, 5.74) is 0.299. The predicted octanol–water partition coefficient (Wildman–Crippen LogP) is 2.56. The molecule has 2 heterocycles. The van der Waals surface area contributed by atoms with Gasteiger partial charge in [0.05, 0.1) is 0 Å². The minimum atomic E-state index is -0.731. The molecule has 6 unspecified atom stereocenters. The van der Waals surface area contributed by atoms with Gasteiger partial charge in [-0.15, -0.1) is 0 Å². The topological polar surface area (TPSA) is 110 Å². The van der Waals surface area contributed by atoms with Gasteiger partial charge < -0.3 is 10.1 Å². The molecule has 2 aromatic heterocycles. The largest absolute Gasteiger partial charge is 0.481 e. The van der Waals surface area contributed by atoms with Gasteiger partial charge in [0.15, 0.2) is 5.65 Å². The van der Waals surface area contributed by atoms with E-state index in [9.17, 15) is 19.5 Å². The summed E-state index contributed by atoms with van der Waals surface area (Å²) in [6.07, 6.45) is 4.91. The molecule has 6 atom stereocenters. The van der Waals surface area contributed by atoms with Crippen molar-refractivity contribution in [2.24, 2.45) is 29.6 Å². The number of H-pyrrole nitrogens is 1. The van der Waals surface area contributed by atoms with Gasteiger partial charge >= 0.3 is 11.7 Å². The lowest BCUT2D eigenvalue weighted by Crippen LogP contribution is -2.40. The Balaban J connectivity index is 1.63. The number of carbonyl (C=O) groups is 1. The van der Waals surface area contributed by atoms with Gasteiger partial charge in [-0.05, 0) is 61.7 Å². The lowest BCUT2D eigenvalue weighted by Gasteiger charge is -2.37. The maximum atomic E-state index is 13.1. The molecule has 3 fully saturated rings. The molecule has 0 aromatic carbocycles. The van der Waals surface area contributed by atoms with Gasteiger partial charge in [0, 0.05) is 25.4 Å². The third kappa shape index (κ3) is 2.79. The van der Waals surface area contributed by atoms with Crippen LogP contribution in [0.25, 0.3) is 11.2 Å². The molecule has 162 valence electrons. The van der Waals surface area contributed by atoms with Gasteiger partial charge in [0.25, 0.3) is 5.56 Å². The normalized spacial score (nSPS) is 31.8. The Bertz CT molecular complexity index is 1110. The summed E-state index contributed by atoms with van der Waals surface area (Å²) in [6, 6.07) is 0. The van der Waals surface area contributed by atoms with E-state index in [1.165, 1.54) is 11.0 Å². The molecule has 8 heteroatoms. The van der Waals surface area contributed by atoms with E-state index < -0.39 is 5.97 Å². The van der Waals surface area contributed by atoms with Crippen LogP contribution in [0.2, 0.25) is 0 Å². The van der Waals surface area contributed by atoms with Gasteiger partial charge in [-0.1, -0.05) is 13.8 Å². The zero-order valence-corrected chi connectivity index (χ0v) is 17.6. The van der Waals surface area contributed by atoms with Crippen molar-refractivity contribution in [3.8, 4) is 0 Å². The third-order valence-electron chi connectivity index (χ3n) is 7.81. The average molecular weight is 415 g/mol. The van der Waals surface area contributed by atoms with Crippen LogP contribution in [0.5, 0.6) is 0 Å². The van der Waals surface area contributed by atoms with Gasteiger partial charge in [0.1, 0.15) is 11.3 Å². The van der Waals surface area contributed by atoms with E-state index in [1.807, 2.05) is 13.8 Å². The summed E-state index contributed by atoms with van der Waals surface area (Å²) >= 11 is 0. The van der Waals surface area contributed by atoms with E-state index in [4.69, 9.17) is 4.98 Å². The summed E-state index contributed by atoms with van der Waals surface area (Å²) in [4.78, 5) is 45.6. The Morgan fingerprint density at radius 1 is 1.10 bits per heavy atom. The van der Waals surface area contributed by atoms with Crippen molar-refractivity contribution in [1.29, 1.82) is 0 Å². The van der Waals surface area contributed by atoms with Crippen LogP contribution >= 0.6 is 0 Å². The van der Waals surface area contributed by atoms with Crippen molar-refractivity contribution in [1.82, 2.24) is 19.1 Å². The van der Waals surface area contributed by atoms with Crippen LogP contribution in [0.15, 0.2) is 9.59 Å². The van der Waals surface area contributed by atoms with Crippen LogP contribution in [-0.2, 0) is 17.9 Å². The second-order valence-corrected chi connectivity index (χ2v) is 9.48. The molecule has 2 N–H and O–H groups in total. The van der Waals surface area contributed by atoms with Crippen molar-refractivity contribution >= 4 is 17.1 Å². The number of carboxylic acid groups (broad SMARTS) is 1. The van der Waals surface area contributed by atoms with Crippen LogP contribution in [0, 0.1) is 29.6 Å². The van der Waals surface area contributed by atoms with E-state index in [0.717, 1.165) is 25.1 Å². The Kier molecular flexibility index (Phi) is 4.63. The molecule has 2 aromatic rings. The maximum Gasteiger partial charge on any atom is 0.332 e. The summed E-state index contributed by atoms with van der Waals surface area (Å²) in [5, 5.41) is 9.40. The smallest absolute Gasteiger partial charge is 0.332 e. The first-order chi connectivity index (χ1) is 14.5. The molecule has 2 bridgehead atoms. The van der Waals surface area contributed by atoms with Crippen molar-refractivity contribution < 1.29 is 9.90 Å². The van der Waals surface area contributed by atoms with Crippen molar-refractivity contribution in [2.45, 2.75) is 71.4 Å². The van der Waals surface area contributed by atoms with Gasteiger partial charge in [0.2, 0.25) is 0 Å². The number of nitrogens with one attached hydrogen (secondary N) is 1. The van der Waals surface area contributed by atoms with Crippen molar-refractivity contribution in [3.63, 3.8) is 0 Å². The SMILES string of the molecule is CCCn1c(=O)c2[nH]c(C3C4CCC5C(CC4CC(=O)O)C53)nc2n(CCC)c1=O. The Morgan fingerprint density at radius 3 is 2.50 bits per heavy atom. The Morgan fingerprint density at radius 2 is 1.80 bits per heavy atom. The summed E-state index contributed by atoms with van der Waals surface area (Å²) in [6.45, 7) is 4.87. The second-order valence-electron chi connectivity index (χ2n) is 9.48. The third-order valence-corrected chi connectivity index (χ3v) is 7.81. The van der Waals surface area contributed by atoms with Gasteiger partial charge in [-0.3, -0.25) is 18.7 Å². The average Bonchev–Trinajstić information content (AvgIpc) is 3.29. The van der Waals surface area contributed by atoms with E-state index >= 15 is 0 Å². The zero-order valence-electron chi connectivity index (χ0n) is 17.6. The van der Waals surface area contributed by atoms with Crippen molar-refractivity contribution in [3.05, 3.63) is 26.7 Å². The molecule has 5 rings (SSSR count). The van der Waals surface area contributed by atoms with E-state index in [-0.39, 0.29) is 35.4 Å². The van der Waals surface area contributed by atoms with E-state index in [1.54, 1.807) is 4.57 Å². The zero-order chi connectivity index (χ0) is 21.2. The maximum absolute atomic E-state index is 13.1. The molecule has 0 radical (unpaired) electrons. The van der Waals surface area contributed by atoms with E-state index in [0.29, 0.717) is 48.4 Å². The molecule has 0 amide bonds. The quantitative estimate of drug-likeness (QED) is 0.723. The van der Waals surface area contributed by atoms with Gasteiger partial charge in [-0.2, -0.15) is 0 Å². The summed E-state index contributed by atoms with van der Waals surface area (Å²) < 4.78 is 2.95. The fourth-order valence-electron chi connectivity index (χ4n) is 6.68. The number of imidazole rings is 1. The fraction of sp³-hybridized carbons (Fsp3) is 0.727. The fourth-order valence-corrected chi connectivity index (χ4v) is 6.68. The Labute approximate surface area is 174 Å². The second kappa shape index (κ2) is 7.10. The minimum Gasteiger partial charge on any atom is -0.481 e. The summed E-state index contributed by atoms with van der Waals surface area (Å²) in [7, 11) is 0. The highest BCUT2D eigenvalue weighted by atomic mass is 16.4. The molecular weight excluding hydrogens is 384 g/mol. The van der Waals surface area contributed by atoms with Crippen LogP contribution in [0.1, 0.15) is 64.1 Å². The number of aromatic nitrogens is 4. The number of rotatable bonds is 7. The lowest BCUT2D eigenvalue weighted by atomic mass is 9.67. The molecule has 30 heavy (non-hydrogen) atoms. The highest BCUT2D eigenvalue weighted by Crippen LogP contribution is 2.70. The molecule has 0 spiro atoms. The van der Waals surface area contributed by atoms with Crippen LogP contribution in [0.3, 0.4) is 0 Å². The first-order valence-corrected chi connectivity index (χ1v) is 11.4. The highest BCUT2D eigenvalue weighted by molar-refractivity contribution is 5.70. The number of hydrogen-bond acceptors (Lipinski definition) is 4. The van der Waals surface area contributed by atoms with Gasteiger partial charge in [-0.25, -0.2) is 9.78 Å². The monoisotopic (exact) mass is 414 g/mol. The number of aromatic amines is 1. The minimum absolute atomic E-state index is 0.170. The number of nitrogens with zero attached hydrogens (tertiary/aromatic N) is 3. The van der Waals surface area contributed by atoms with E-state index in [2.05, 4.69) is 4.98 Å². The number of carboxylic acids is 1. The number of aryl methyl sites for hydroxylation is 1. The van der Waals surface area contributed by atoms with Crippen molar-refractivity contribution in [2.75, 3.05) is 0 Å². The van der Waals surface area contributed by atoms with Crippen LogP contribution in [-0.4, -0.2) is 30.2 Å². The molecule has 0 saturated heterocycles. The highest BCUT2D eigenvalue weighted by Gasteiger charge is 2.64. The Hall–Kier alpha value is -2.38. The van der Waals surface area contributed by atoms with Crippen LogP contribution < -0.4 is 11.2 Å². The standard InChI is InChI=1S/C22H30N4O4/c1-3-7-25-20-18(21(29)26(8-4-2)22(25)30)23-19(24-20)17-12-5-6-13-14(16(13)17)9-11(12)10-15(27)28/h11-14,16-17H,3-10H2,1-2H3,(H,23,24)(H,27,28). The first-order valence-electron chi connectivity index (χ1n) is 11.4. The molecule has 3 aliphatic carbocycles. The molecule has 3 aliphatic rings. The number of aliphatic carboxylic acids is 1. The predicted molar refractivity (Wildman–Crippen MR) is 111 cm³/mol. The molecule has 8 nitrogen and oxygen atoms in total. The number of fused-ring (bicyclic) bond motifs is 3. The molecule has 0 aliphatic heterocycles. The number of hydrogen-bond donors (Lipinski definition) is 2.